The third-order valence-corrected chi connectivity index (χ3v) is 4.48. The number of nitrogens with one attached hydrogen (secondary N) is 2. The van der Waals surface area contributed by atoms with Crippen molar-refractivity contribution in [1.29, 1.82) is 0 Å². The van der Waals surface area contributed by atoms with Crippen LogP contribution < -0.4 is 15.4 Å². The predicted octanol–water partition coefficient (Wildman–Crippen LogP) is 4.20. The number of carbonyl (C=O) groups excluding carboxylic acids is 1. The molecule has 0 radical (unpaired) electrons. The first kappa shape index (κ1) is 14.5. The van der Waals surface area contributed by atoms with Gasteiger partial charge in [-0.2, -0.15) is 0 Å². The zero-order valence-corrected chi connectivity index (χ0v) is 12.8. The van der Waals surface area contributed by atoms with Gasteiger partial charge in [-0.3, -0.25) is 4.79 Å². The maximum absolute atomic E-state index is 11.3. The third-order valence-electron chi connectivity index (χ3n) is 4.17. The molecule has 1 aliphatic heterocycles. The molecule has 0 unspecified atom stereocenters. The lowest BCUT2D eigenvalue weighted by atomic mass is 9.96. The molecule has 0 saturated heterocycles. The van der Waals surface area contributed by atoms with Gasteiger partial charge in [0.05, 0.1) is 16.4 Å². The number of rotatable bonds is 2. The smallest absolute Gasteiger partial charge is 0.262 e. The van der Waals surface area contributed by atoms with E-state index in [9.17, 15) is 4.79 Å². The van der Waals surface area contributed by atoms with E-state index in [4.69, 9.17) is 16.3 Å². The van der Waals surface area contributed by atoms with E-state index >= 15 is 0 Å². The first-order chi connectivity index (χ1) is 10.2. The molecular weight excluding hydrogens is 288 g/mol. The molecule has 1 aliphatic carbocycles. The molecule has 0 atom stereocenters. The highest BCUT2D eigenvalue weighted by Gasteiger charge is 2.19. The molecule has 1 heterocycles. The standard InChI is InChI=1S/C16H21ClN2O2/c17-12-8-14-15(21-10-16(20)19-14)9-13(12)18-11-6-4-2-1-3-5-7-11/h8-9,11,18H,1-7,10H2,(H,19,20). The van der Waals surface area contributed by atoms with Gasteiger partial charge in [-0.25, -0.2) is 0 Å². The van der Waals surface area contributed by atoms with Crippen molar-refractivity contribution in [1.82, 2.24) is 0 Å². The van der Waals surface area contributed by atoms with Gasteiger partial charge >= 0.3 is 0 Å². The Labute approximate surface area is 130 Å². The minimum absolute atomic E-state index is 0.0670. The van der Waals surface area contributed by atoms with Crippen molar-refractivity contribution in [2.45, 2.75) is 51.0 Å². The van der Waals surface area contributed by atoms with Crippen LogP contribution in [0.1, 0.15) is 44.9 Å². The Balaban J connectivity index is 1.74. The second-order valence-electron chi connectivity index (χ2n) is 5.85. The van der Waals surface area contributed by atoms with Crippen LogP contribution in [0.2, 0.25) is 5.02 Å². The summed E-state index contributed by atoms with van der Waals surface area (Å²) in [7, 11) is 0. The van der Waals surface area contributed by atoms with Crippen molar-refractivity contribution >= 4 is 28.9 Å². The zero-order valence-electron chi connectivity index (χ0n) is 12.1. The number of halogens is 1. The predicted molar refractivity (Wildman–Crippen MR) is 85.3 cm³/mol. The highest BCUT2D eigenvalue weighted by Crippen LogP contribution is 2.37. The molecule has 0 spiro atoms. The SMILES string of the molecule is O=C1COc2cc(NC3CCCCCCC3)c(Cl)cc2N1. The molecule has 21 heavy (non-hydrogen) atoms. The van der Waals surface area contributed by atoms with Gasteiger partial charge in [0.2, 0.25) is 0 Å². The van der Waals surface area contributed by atoms with Gasteiger partial charge in [-0.15, -0.1) is 0 Å². The van der Waals surface area contributed by atoms with Gasteiger partial charge < -0.3 is 15.4 Å². The summed E-state index contributed by atoms with van der Waals surface area (Å²) < 4.78 is 5.45. The van der Waals surface area contributed by atoms with E-state index in [0.29, 0.717) is 22.5 Å². The first-order valence-electron chi connectivity index (χ1n) is 7.75. The lowest BCUT2D eigenvalue weighted by Crippen LogP contribution is -2.26. The van der Waals surface area contributed by atoms with Gasteiger partial charge in [-0.1, -0.05) is 43.7 Å². The minimum atomic E-state index is -0.140. The normalized spacial score (nSPS) is 19.8. The van der Waals surface area contributed by atoms with Gasteiger partial charge in [0.15, 0.2) is 6.61 Å². The quantitative estimate of drug-likeness (QED) is 0.861. The van der Waals surface area contributed by atoms with Crippen molar-refractivity contribution in [3.63, 3.8) is 0 Å². The molecule has 2 aliphatic rings. The summed E-state index contributed by atoms with van der Waals surface area (Å²) in [6, 6.07) is 4.13. The summed E-state index contributed by atoms with van der Waals surface area (Å²) in [5, 5.41) is 6.95. The number of amides is 1. The lowest BCUT2D eigenvalue weighted by Gasteiger charge is -2.25. The second-order valence-corrected chi connectivity index (χ2v) is 6.26. The topological polar surface area (TPSA) is 50.4 Å². The van der Waals surface area contributed by atoms with Crippen LogP contribution in [-0.4, -0.2) is 18.6 Å². The fourth-order valence-electron chi connectivity index (χ4n) is 3.03. The number of fused-ring (bicyclic) bond motifs is 1. The van der Waals surface area contributed by atoms with E-state index in [-0.39, 0.29) is 12.5 Å². The summed E-state index contributed by atoms with van der Waals surface area (Å²) in [6.45, 7) is 0.0670. The summed E-state index contributed by atoms with van der Waals surface area (Å²) in [5.74, 6) is 0.548. The van der Waals surface area contributed by atoms with Gasteiger partial charge in [0.25, 0.3) is 5.91 Å². The highest BCUT2D eigenvalue weighted by molar-refractivity contribution is 6.33. The van der Waals surface area contributed by atoms with Gasteiger partial charge in [-0.05, 0) is 18.9 Å². The molecule has 1 fully saturated rings. The molecule has 4 nitrogen and oxygen atoms in total. The van der Waals surface area contributed by atoms with E-state index in [1.54, 1.807) is 6.07 Å². The third kappa shape index (κ3) is 3.62. The second kappa shape index (κ2) is 6.56. The van der Waals surface area contributed by atoms with E-state index in [1.807, 2.05) is 6.07 Å². The summed E-state index contributed by atoms with van der Waals surface area (Å²) in [5.41, 5.74) is 1.55. The summed E-state index contributed by atoms with van der Waals surface area (Å²) >= 11 is 6.33. The van der Waals surface area contributed by atoms with Gasteiger partial charge in [0, 0.05) is 12.1 Å². The van der Waals surface area contributed by atoms with Crippen LogP contribution in [0.4, 0.5) is 11.4 Å². The summed E-state index contributed by atoms with van der Waals surface area (Å²) in [4.78, 5) is 11.3. The molecule has 1 amide bonds. The minimum Gasteiger partial charge on any atom is -0.482 e. The van der Waals surface area contributed by atoms with Crippen LogP contribution >= 0.6 is 11.6 Å². The molecular formula is C16H21ClN2O2. The molecule has 1 aromatic carbocycles. The molecule has 114 valence electrons. The monoisotopic (exact) mass is 308 g/mol. The molecule has 2 N–H and O–H groups in total. The number of hydrogen-bond acceptors (Lipinski definition) is 3. The Morgan fingerprint density at radius 3 is 2.62 bits per heavy atom. The average Bonchev–Trinajstić information content (AvgIpc) is 2.42. The van der Waals surface area contributed by atoms with Crippen molar-refractivity contribution in [2.24, 2.45) is 0 Å². The van der Waals surface area contributed by atoms with Crippen molar-refractivity contribution in [3.05, 3.63) is 17.2 Å². The fourth-order valence-corrected chi connectivity index (χ4v) is 3.25. The Morgan fingerprint density at radius 1 is 1.14 bits per heavy atom. The number of anilines is 2. The maximum atomic E-state index is 11.3. The molecule has 5 heteroatoms. The number of benzene rings is 1. The van der Waals surface area contributed by atoms with E-state index < -0.39 is 0 Å². The molecule has 1 aromatic rings. The number of ether oxygens (including phenoxy) is 1. The van der Waals surface area contributed by atoms with Crippen molar-refractivity contribution in [3.8, 4) is 5.75 Å². The molecule has 1 saturated carbocycles. The molecule has 0 bridgehead atoms. The van der Waals surface area contributed by atoms with Crippen molar-refractivity contribution in [2.75, 3.05) is 17.2 Å². The zero-order chi connectivity index (χ0) is 14.7. The number of carbonyl (C=O) groups is 1. The van der Waals surface area contributed by atoms with Crippen LogP contribution in [0.25, 0.3) is 0 Å². The van der Waals surface area contributed by atoms with Crippen molar-refractivity contribution < 1.29 is 9.53 Å². The van der Waals surface area contributed by atoms with Crippen LogP contribution in [-0.2, 0) is 4.79 Å². The van der Waals surface area contributed by atoms with Gasteiger partial charge in [0.1, 0.15) is 5.75 Å². The molecule has 0 aromatic heterocycles. The Hall–Kier alpha value is -1.42. The molecule has 3 rings (SSSR count). The first-order valence-corrected chi connectivity index (χ1v) is 8.13. The average molecular weight is 309 g/mol. The largest absolute Gasteiger partial charge is 0.482 e. The number of hydrogen-bond donors (Lipinski definition) is 2. The fraction of sp³-hybridized carbons (Fsp3) is 0.562. The van der Waals surface area contributed by atoms with Crippen LogP contribution in [0.3, 0.4) is 0 Å². The van der Waals surface area contributed by atoms with Crippen LogP contribution in [0.15, 0.2) is 12.1 Å². The van der Waals surface area contributed by atoms with Crippen LogP contribution in [0, 0.1) is 0 Å². The Kier molecular flexibility index (Phi) is 4.54. The maximum Gasteiger partial charge on any atom is 0.262 e. The Morgan fingerprint density at radius 2 is 1.86 bits per heavy atom. The van der Waals surface area contributed by atoms with E-state index in [2.05, 4.69) is 10.6 Å². The Bertz CT molecular complexity index is 525. The lowest BCUT2D eigenvalue weighted by molar-refractivity contribution is -0.118. The summed E-state index contributed by atoms with van der Waals surface area (Å²) in [6.07, 6.45) is 8.92. The van der Waals surface area contributed by atoms with E-state index in [1.165, 1.54) is 44.9 Å². The van der Waals surface area contributed by atoms with E-state index in [0.717, 1.165) is 5.69 Å². The highest BCUT2D eigenvalue weighted by atomic mass is 35.5. The van der Waals surface area contributed by atoms with Crippen LogP contribution in [0.5, 0.6) is 5.75 Å².